The fourth-order valence-electron chi connectivity index (χ4n) is 2.41. The van der Waals surface area contributed by atoms with Crippen LogP contribution in [0.5, 0.6) is 5.75 Å². The summed E-state index contributed by atoms with van der Waals surface area (Å²) in [5, 5.41) is 6.86. The summed E-state index contributed by atoms with van der Waals surface area (Å²) in [5.74, 6) is 0.349. The zero-order chi connectivity index (χ0) is 15.3. The van der Waals surface area contributed by atoms with Gasteiger partial charge in [-0.1, -0.05) is 11.6 Å². The quantitative estimate of drug-likeness (QED) is 0.872. The third-order valence-electron chi connectivity index (χ3n) is 3.46. The first kappa shape index (κ1) is 16.4. The number of benzene rings is 1. The van der Waals surface area contributed by atoms with E-state index in [2.05, 4.69) is 15.4 Å². The second kappa shape index (κ2) is 7.33. The maximum Gasteiger partial charge on any atom is 0.573 e. The summed E-state index contributed by atoms with van der Waals surface area (Å²) in [4.78, 5) is 0. The molecule has 0 aliphatic carbocycles. The molecule has 2 N–H and O–H groups in total. The van der Waals surface area contributed by atoms with Crippen molar-refractivity contribution in [2.75, 3.05) is 19.6 Å². The van der Waals surface area contributed by atoms with Crippen LogP contribution in [0.15, 0.2) is 18.2 Å². The number of hydrogen-bond donors (Lipinski definition) is 2. The number of piperidine rings is 1. The lowest BCUT2D eigenvalue weighted by molar-refractivity contribution is -0.274. The molecule has 0 saturated carbocycles. The van der Waals surface area contributed by atoms with Crippen LogP contribution < -0.4 is 15.4 Å². The van der Waals surface area contributed by atoms with Gasteiger partial charge in [0.1, 0.15) is 5.75 Å². The van der Waals surface area contributed by atoms with Crippen molar-refractivity contribution in [1.82, 2.24) is 10.6 Å². The van der Waals surface area contributed by atoms with Crippen molar-refractivity contribution in [3.05, 3.63) is 28.8 Å². The minimum Gasteiger partial charge on any atom is -0.405 e. The monoisotopic (exact) mass is 322 g/mol. The maximum absolute atomic E-state index is 12.4. The van der Waals surface area contributed by atoms with Crippen molar-refractivity contribution in [3.63, 3.8) is 0 Å². The van der Waals surface area contributed by atoms with E-state index in [4.69, 9.17) is 11.6 Å². The van der Waals surface area contributed by atoms with Gasteiger partial charge in [0, 0.05) is 17.1 Å². The van der Waals surface area contributed by atoms with Crippen LogP contribution >= 0.6 is 11.6 Å². The molecule has 21 heavy (non-hydrogen) atoms. The Kier molecular flexibility index (Phi) is 5.72. The Balaban J connectivity index is 1.92. The van der Waals surface area contributed by atoms with Crippen molar-refractivity contribution in [1.29, 1.82) is 0 Å². The normalized spacial score (nSPS) is 17.0. The Morgan fingerprint density at radius 3 is 2.67 bits per heavy atom. The van der Waals surface area contributed by atoms with E-state index in [0.29, 0.717) is 23.0 Å². The lowest BCUT2D eigenvalue weighted by Gasteiger charge is -2.23. The molecule has 1 aromatic carbocycles. The van der Waals surface area contributed by atoms with E-state index in [0.717, 1.165) is 32.5 Å². The predicted octanol–water partition coefficient (Wildman–Crippen LogP) is 3.33. The highest BCUT2D eigenvalue weighted by atomic mass is 35.5. The molecule has 1 fully saturated rings. The number of halogens is 4. The van der Waals surface area contributed by atoms with E-state index < -0.39 is 6.36 Å². The Bertz CT molecular complexity index is 462. The molecule has 3 nitrogen and oxygen atoms in total. The van der Waals surface area contributed by atoms with Gasteiger partial charge >= 0.3 is 6.36 Å². The molecule has 0 radical (unpaired) electrons. The van der Waals surface area contributed by atoms with Gasteiger partial charge in [0.15, 0.2) is 0 Å². The molecule has 2 rings (SSSR count). The van der Waals surface area contributed by atoms with Gasteiger partial charge in [-0.2, -0.15) is 0 Å². The predicted molar refractivity (Wildman–Crippen MR) is 75.4 cm³/mol. The second-order valence-electron chi connectivity index (χ2n) is 5.12. The third kappa shape index (κ3) is 5.73. The summed E-state index contributed by atoms with van der Waals surface area (Å²) in [7, 11) is 0. The average Bonchev–Trinajstić information content (AvgIpc) is 2.42. The molecule has 0 amide bonds. The standard InChI is InChI=1S/C14H18ClF3N2O/c15-12-1-2-13(21-14(16,17)18)11(7-12)9-20-8-10-3-5-19-6-4-10/h1-2,7,10,19-20H,3-6,8-9H2. The number of alkyl halides is 3. The van der Waals surface area contributed by atoms with Gasteiger partial charge in [0.2, 0.25) is 0 Å². The van der Waals surface area contributed by atoms with Crippen molar-refractivity contribution in [2.24, 2.45) is 5.92 Å². The molecule has 1 aliphatic heterocycles. The van der Waals surface area contributed by atoms with Crippen LogP contribution in [0.2, 0.25) is 5.02 Å². The minimum absolute atomic E-state index is 0.204. The molecule has 118 valence electrons. The largest absolute Gasteiger partial charge is 0.573 e. The van der Waals surface area contributed by atoms with Crippen LogP contribution in [-0.2, 0) is 6.54 Å². The van der Waals surface area contributed by atoms with Crippen molar-refractivity contribution >= 4 is 11.6 Å². The molecule has 1 aliphatic rings. The van der Waals surface area contributed by atoms with Gasteiger partial charge in [-0.25, -0.2) is 0 Å². The van der Waals surface area contributed by atoms with E-state index in [1.807, 2.05) is 0 Å². The molecule has 0 bridgehead atoms. The molecular formula is C14H18ClF3N2O. The van der Waals surface area contributed by atoms with Crippen molar-refractivity contribution < 1.29 is 17.9 Å². The molecule has 0 aromatic heterocycles. The van der Waals surface area contributed by atoms with Gasteiger partial charge in [0.05, 0.1) is 0 Å². The lowest BCUT2D eigenvalue weighted by atomic mass is 9.98. The maximum atomic E-state index is 12.4. The Morgan fingerprint density at radius 1 is 1.29 bits per heavy atom. The smallest absolute Gasteiger partial charge is 0.405 e. The Hall–Kier alpha value is -0.980. The fourth-order valence-corrected chi connectivity index (χ4v) is 2.60. The topological polar surface area (TPSA) is 33.3 Å². The Labute approximate surface area is 126 Å². The Morgan fingerprint density at radius 2 is 2.00 bits per heavy atom. The third-order valence-corrected chi connectivity index (χ3v) is 3.69. The fraction of sp³-hybridized carbons (Fsp3) is 0.571. The van der Waals surface area contributed by atoms with Crippen molar-refractivity contribution in [2.45, 2.75) is 25.7 Å². The molecule has 0 atom stereocenters. The van der Waals surface area contributed by atoms with Crippen LogP contribution in [0.3, 0.4) is 0 Å². The van der Waals surface area contributed by atoms with E-state index in [-0.39, 0.29) is 5.75 Å². The summed E-state index contributed by atoms with van der Waals surface area (Å²) >= 11 is 5.84. The van der Waals surface area contributed by atoms with Crippen LogP contribution in [0, 0.1) is 5.92 Å². The summed E-state index contributed by atoms with van der Waals surface area (Å²) in [5.41, 5.74) is 0.411. The summed E-state index contributed by atoms with van der Waals surface area (Å²) in [6.07, 6.45) is -2.54. The van der Waals surface area contributed by atoms with Crippen LogP contribution in [0.4, 0.5) is 13.2 Å². The zero-order valence-corrected chi connectivity index (χ0v) is 12.2. The molecule has 0 unspecified atom stereocenters. The summed E-state index contributed by atoms with van der Waals surface area (Å²) < 4.78 is 41.1. The van der Waals surface area contributed by atoms with Gasteiger partial charge < -0.3 is 15.4 Å². The van der Waals surface area contributed by atoms with Gasteiger partial charge in [-0.05, 0) is 56.6 Å². The minimum atomic E-state index is -4.70. The first-order valence-corrected chi connectivity index (χ1v) is 7.27. The second-order valence-corrected chi connectivity index (χ2v) is 5.56. The molecule has 7 heteroatoms. The first-order chi connectivity index (χ1) is 9.94. The number of ether oxygens (including phenoxy) is 1. The number of hydrogen-bond acceptors (Lipinski definition) is 3. The van der Waals surface area contributed by atoms with E-state index in [1.54, 1.807) is 0 Å². The highest BCUT2D eigenvalue weighted by molar-refractivity contribution is 6.30. The zero-order valence-electron chi connectivity index (χ0n) is 11.5. The van der Waals surface area contributed by atoms with E-state index in [1.165, 1.54) is 18.2 Å². The summed E-state index contributed by atoms with van der Waals surface area (Å²) in [6.45, 7) is 3.06. The summed E-state index contributed by atoms with van der Waals surface area (Å²) in [6, 6.07) is 4.13. The molecule has 1 saturated heterocycles. The molecule has 0 spiro atoms. The van der Waals surface area contributed by atoms with Crippen molar-refractivity contribution in [3.8, 4) is 5.75 Å². The van der Waals surface area contributed by atoms with E-state index >= 15 is 0 Å². The molecule has 1 aromatic rings. The van der Waals surface area contributed by atoms with Gasteiger partial charge in [-0.15, -0.1) is 13.2 Å². The van der Waals surface area contributed by atoms with E-state index in [9.17, 15) is 13.2 Å². The van der Waals surface area contributed by atoms with Gasteiger partial charge in [-0.3, -0.25) is 0 Å². The number of nitrogens with one attached hydrogen (secondary N) is 2. The SMILES string of the molecule is FC(F)(F)Oc1ccc(Cl)cc1CNCC1CCNCC1. The highest BCUT2D eigenvalue weighted by Gasteiger charge is 2.32. The van der Waals surface area contributed by atoms with Crippen LogP contribution in [0.25, 0.3) is 0 Å². The molecule has 1 heterocycles. The van der Waals surface area contributed by atoms with Crippen LogP contribution in [-0.4, -0.2) is 26.0 Å². The lowest BCUT2D eigenvalue weighted by Crippen LogP contribution is -2.33. The first-order valence-electron chi connectivity index (χ1n) is 6.89. The van der Waals surface area contributed by atoms with Gasteiger partial charge in [0.25, 0.3) is 0 Å². The highest BCUT2D eigenvalue weighted by Crippen LogP contribution is 2.28. The molecular weight excluding hydrogens is 305 g/mol. The van der Waals surface area contributed by atoms with Crippen LogP contribution in [0.1, 0.15) is 18.4 Å². The average molecular weight is 323 g/mol. The number of rotatable bonds is 5.